The van der Waals surface area contributed by atoms with E-state index in [9.17, 15) is 0 Å². The first-order valence-electron chi connectivity index (χ1n) is 7.78. The van der Waals surface area contributed by atoms with E-state index in [1.807, 2.05) is 32.9 Å². The van der Waals surface area contributed by atoms with Crippen molar-refractivity contribution in [2.45, 2.75) is 20.8 Å². The van der Waals surface area contributed by atoms with Crippen LogP contribution in [0.15, 0.2) is 35.0 Å². The Bertz CT molecular complexity index is 951. The predicted octanol–water partition coefficient (Wildman–Crippen LogP) is 4.29. The predicted molar refractivity (Wildman–Crippen MR) is 94.9 cm³/mol. The van der Waals surface area contributed by atoms with Gasteiger partial charge in [-0.25, -0.2) is 4.98 Å². The zero-order valence-corrected chi connectivity index (χ0v) is 14.5. The highest BCUT2D eigenvalue weighted by Crippen LogP contribution is 2.34. The molecule has 2 aromatic heterocycles. The Labute approximate surface area is 146 Å². The number of pyridine rings is 1. The van der Waals surface area contributed by atoms with Crippen molar-refractivity contribution in [2.75, 3.05) is 12.4 Å². The maximum atomic E-state index is 9.12. The maximum absolute atomic E-state index is 9.12. The van der Waals surface area contributed by atoms with Gasteiger partial charge in [0.15, 0.2) is 0 Å². The highest BCUT2D eigenvalue weighted by Gasteiger charge is 2.15. The number of benzene rings is 1. The van der Waals surface area contributed by atoms with Crippen LogP contribution in [-0.4, -0.2) is 17.3 Å². The summed E-state index contributed by atoms with van der Waals surface area (Å²) in [5.74, 6) is 1.20. The van der Waals surface area contributed by atoms with Gasteiger partial charge in [-0.05, 0) is 44.5 Å². The van der Waals surface area contributed by atoms with E-state index in [4.69, 9.17) is 14.5 Å². The number of methoxy groups -OCH3 is 1. The maximum Gasteiger partial charge on any atom is 0.237 e. The Hall–Kier alpha value is -3.33. The van der Waals surface area contributed by atoms with Gasteiger partial charge >= 0.3 is 0 Å². The highest BCUT2D eigenvalue weighted by molar-refractivity contribution is 5.76. The van der Waals surface area contributed by atoms with Crippen molar-refractivity contribution in [1.29, 1.82) is 5.26 Å². The van der Waals surface area contributed by atoms with Crippen LogP contribution in [0, 0.1) is 32.1 Å². The van der Waals surface area contributed by atoms with Gasteiger partial charge in [-0.15, -0.1) is 0 Å². The molecule has 0 spiro atoms. The molecule has 0 aliphatic rings. The summed E-state index contributed by atoms with van der Waals surface area (Å²) < 4.78 is 10.6. The minimum absolute atomic E-state index is 0.470. The average molecular weight is 334 g/mol. The second-order valence-electron chi connectivity index (χ2n) is 5.75. The van der Waals surface area contributed by atoms with Gasteiger partial charge in [-0.2, -0.15) is 5.26 Å². The summed E-state index contributed by atoms with van der Waals surface area (Å²) >= 11 is 0. The second-order valence-corrected chi connectivity index (χ2v) is 5.75. The van der Waals surface area contributed by atoms with E-state index in [1.165, 1.54) is 0 Å². The Balaban J connectivity index is 2.07. The summed E-state index contributed by atoms with van der Waals surface area (Å²) in [6, 6.07) is 9.58. The third-order valence-electron chi connectivity index (χ3n) is 4.00. The summed E-state index contributed by atoms with van der Waals surface area (Å²) in [5.41, 5.74) is 5.74. The lowest BCUT2D eigenvalue weighted by Crippen LogP contribution is -1.99. The summed E-state index contributed by atoms with van der Waals surface area (Å²) in [5, 5.41) is 16.4. The van der Waals surface area contributed by atoms with Crippen LogP contribution >= 0.6 is 0 Å². The van der Waals surface area contributed by atoms with Gasteiger partial charge in [0.2, 0.25) is 5.88 Å². The van der Waals surface area contributed by atoms with Crippen molar-refractivity contribution < 1.29 is 9.26 Å². The fraction of sp³-hybridized carbons (Fsp3) is 0.211. The van der Waals surface area contributed by atoms with Crippen LogP contribution in [0.3, 0.4) is 0 Å². The molecule has 2 heterocycles. The SMILES string of the molecule is COc1ncc(-c2c(C)noc2C)cc1Nc1cc(C#N)ccc1C. The molecule has 0 unspecified atom stereocenters. The van der Waals surface area contributed by atoms with Gasteiger partial charge in [-0.3, -0.25) is 0 Å². The zero-order chi connectivity index (χ0) is 18.0. The molecule has 0 amide bonds. The first-order chi connectivity index (χ1) is 12.0. The molecule has 25 heavy (non-hydrogen) atoms. The molecule has 0 aliphatic heterocycles. The van der Waals surface area contributed by atoms with E-state index in [0.717, 1.165) is 33.8 Å². The molecule has 3 rings (SSSR count). The quantitative estimate of drug-likeness (QED) is 0.766. The summed E-state index contributed by atoms with van der Waals surface area (Å²) in [4.78, 5) is 4.38. The number of anilines is 2. The zero-order valence-electron chi connectivity index (χ0n) is 14.5. The topological polar surface area (TPSA) is 84.0 Å². The van der Waals surface area contributed by atoms with Crippen LogP contribution in [0.4, 0.5) is 11.4 Å². The number of nitrogens with one attached hydrogen (secondary N) is 1. The number of nitriles is 1. The number of aryl methyl sites for hydroxylation is 3. The minimum atomic E-state index is 0.470. The number of aromatic nitrogens is 2. The van der Waals surface area contributed by atoms with Crippen LogP contribution < -0.4 is 10.1 Å². The molecule has 1 aromatic carbocycles. The van der Waals surface area contributed by atoms with E-state index in [0.29, 0.717) is 17.1 Å². The molecule has 0 atom stereocenters. The van der Waals surface area contributed by atoms with E-state index >= 15 is 0 Å². The van der Waals surface area contributed by atoms with Crippen molar-refractivity contribution in [3.63, 3.8) is 0 Å². The monoisotopic (exact) mass is 334 g/mol. The van der Waals surface area contributed by atoms with Crippen molar-refractivity contribution >= 4 is 11.4 Å². The lowest BCUT2D eigenvalue weighted by molar-refractivity contribution is 0.393. The van der Waals surface area contributed by atoms with Crippen molar-refractivity contribution in [3.8, 4) is 23.1 Å². The number of ether oxygens (including phenoxy) is 1. The van der Waals surface area contributed by atoms with Crippen LogP contribution in [-0.2, 0) is 0 Å². The Morgan fingerprint density at radius 1 is 1.16 bits per heavy atom. The molecule has 6 nitrogen and oxygen atoms in total. The van der Waals surface area contributed by atoms with Crippen LogP contribution in [0.25, 0.3) is 11.1 Å². The van der Waals surface area contributed by atoms with Crippen LogP contribution in [0.2, 0.25) is 0 Å². The fourth-order valence-electron chi connectivity index (χ4n) is 2.71. The smallest absolute Gasteiger partial charge is 0.237 e. The number of hydrogen-bond acceptors (Lipinski definition) is 6. The largest absolute Gasteiger partial charge is 0.480 e. The second kappa shape index (κ2) is 6.65. The standard InChI is InChI=1S/C19H18N4O2/c1-11-5-6-14(9-20)7-16(11)22-17-8-15(10-21-19(17)24-4)18-12(2)23-25-13(18)3/h5-8,10,22H,1-4H3. The molecule has 126 valence electrons. The minimum Gasteiger partial charge on any atom is -0.480 e. The number of rotatable bonds is 4. The van der Waals surface area contributed by atoms with Crippen molar-refractivity contribution in [3.05, 3.63) is 53.0 Å². The molecule has 3 aromatic rings. The first-order valence-corrected chi connectivity index (χ1v) is 7.78. The molecule has 0 fully saturated rings. The molecule has 6 heteroatoms. The molecule has 1 N–H and O–H groups in total. The first kappa shape index (κ1) is 16.5. The Morgan fingerprint density at radius 2 is 1.96 bits per heavy atom. The van der Waals surface area contributed by atoms with E-state index in [2.05, 4.69) is 21.5 Å². The van der Waals surface area contributed by atoms with E-state index < -0.39 is 0 Å². The van der Waals surface area contributed by atoms with Gasteiger partial charge in [0.25, 0.3) is 0 Å². The number of nitrogens with zero attached hydrogens (tertiary/aromatic N) is 3. The average Bonchev–Trinajstić information content (AvgIpc) is 2.95. The molecule has 0 bridgehead atoms. The Kier molecular flexibility index (Phi) is 4.40. The van der Waals surface area contributed by atoms with E-state index in [1.54, 1.807) is 25.4 Å². The highest BCUT2D eigenvalue weighted by atomic mass is 16.5. The Morgan fingerprint density at radius 3 is 2.60 bits per heavy atom. The normalized spacial score (nSPS) is 10.4. The molecular weight excluding hydrogens is 316 g/mol. The van der Waals surface area contributed by atoms with Crippen LogP contribution in [0.1, 0.15) is 22.6 Å². The van der Waals surface area contributed by atoms with Crippen molar-refractivity contribution in [2.24, 2.45) is 0 Å². The van der Waals surface area contributed by atoms with Gasteiger partial charge < -0.3 is 14.6 Å². The summed E-state index contributed by atoms with van der Waals surface area (Å²) in [7, 11) is 1.57. The lowest BCUT2D eigenvalue weighted by Gasteiger charge is -2.14. The fourth-order valence-corrected chi connectivity index (χ4v) is 2.71. The third-order valence-corrected chi connectivity index (χ3v) is 4.00. The third kappa shape index (κ3) is 3.17. The van der Waals surface area contributed by atoms with Crippen molar-refractivity contribution in [1.82, 2.24) is 10.1 Å². The molecule has 0 aliphatic carbocycles. The van der Waals surface area contributed by atoms with Gasteiger partial charge in [0.1, 0.15) is 11.4 Å². The van der Waals surface area contributed by atoms with Gasteiger partial charge in [-0.1, -0.05) is 11.2 Å². The lowest BCUT2D eigenvalue weighted by atomic mass is 10.1. The summed E-state index contributed by atoms with van der Waals surface area (Å²) in [6.07, 6.45) is 1.73. The van der Waals surface area contributed by atoms with Gasteiger partial charge in [0.05, 0.1) is 24.4 Å². The molecular formula is C19H18N4O2. The van der Waals surface area contributed by atoms with E-state index in [-0.39, 0.29) is 0 Å². The molecule has 0 saturated heterocycles. The molecule has 0 radical (unpaired) electrons. The van der Waals surface area contributed by atoms with Gasteiger partial charge in [0, 0.05) is 23.0 Å². The number of hydrogen-bond donors (Lipinski definition) is 1. The van der Waals surface area contributed by atoms with Crippen LogP contribution in [0.5, 0.6) is 5.88 Å². The summed E-state index contributed by atoms with van der Waals surface area (Å²) in [6.45, 7) is 5.73. The molecule has 0 saturated carbocycles.